The molecule has 0 amide bonds. The van der Waals surface area contributed by atoms with Crippen molar-refractivity contribution in [1.29, 1.82) is 0 Å². The predicted molar refractivity (Wildman–Crippen MR) is 77.9 cm³/mol. The summed E-state index contributed by atoms with van der Waals surface area (Å²) in [5.74, 6) is 0. The molecule has 0 saturated carbocycles. The Morgan fingerprint density at radius 1 is 1.44 bits per heavy atom. The Labute approximate surface area is 116 Å². The lowest BCUT2D eigenvalue weighted by Gasteiger charge is -2.25. The number of rotatable bonds is 4. The number of hydrogen-bond donors (Lipinski definition) is 1. The van der Waals surface area contributed by atoms with E-state index in [1.54, 1.807) is 0 Å². The second-order valence-electron chi connectivity index (χ2n) is 4.29. The van der Waals surface area contributed by atoms with Gasteiger partial charge in [-0.2, -0.15) is 0 Å². The number of nitrogens with two attached hydrogens (primary N) is 1. The average molecular weight is 282 g/mol. The molecule has 0 spiro atoms. The maximum Gasteiger partial charge on any atom is 0.180 e. The second kappa shape index (κ2) is 5.69. The van der Waals surface area contributed by atoms with E-state index in [0.29, 0.717) is 5.13 Å². The largest absolute Gasteiger partial charge is 0.375 e. The summed E-state index contributed by atoms with van der Waals surface area (Å²) in [6.45, 7) is 2.90. The third kappa shape index (κ3) is 3.02. The van der Waals surface area contributed by atoms with E-state index in [4.69, 9.17) is 17.3 Å². The van der Waals surface area contributed by atoms with Crippen LogP contribution in [-0.4, -0.2) is 16.9 Å². The first kappa shape index (κ1) is 13.3. The molecule has 1 atom stereocenters. The highest BCUT2D eigenvalue weighted by molar-refractivity contribution is 7.13. The normalized spacial score (nSPS) is 12.9. The molecule has 0 aliphatic rings. The molecule has 1 heterocycles. The molecule has 1 aromatic carbocycles. The SMILES string of the molecule is CC(c1ccccc1Cl)N(C)Cc1csc(N)n1. The molecule has 0 bridgehead atoms. The molecule has 0 saturated heterocycles. The molecule has 0 radical (unpaired) electrons. The summed E-state index contributed by atoms with van der Waals surface area (Å²) in [4.78, 5) is 6.47. The highest BCUT2D eigenvalue weighted by Crippen LogP contribution is 2.27. The van der Waals surface area contributed by atoms with E-state index in [1.807, 2.05) is 23.6 Å². The third-order valence-corrected chi connectivity index (χ3v) is 4.06. The van der Waals surface area contributed by atoms with Crippen molar-refractivity contribution < 1.29 is 0 Å². The van der Waals surface area contributed by atoms with E-state index in [0.717, 1.165) is 22.8 Å². The fourth-order valence-corrected chi connectivity index (χ4v) is 2.69. The molecule has 1 unspecified atom stereocenters. The summed E-state index contributed by atoms with van der Waals surface area (Å²) in [6, 6.07) is 8.16. The topological polar surface area (TPSA) is 42.1 Å². The van der Waals surface area contributed by atoms with Crippen molar-refractivity contribution in [3.63, 3.8) is 0 Å². The Balaban J connectivity index is 2.09. The van der Waals surface area contributed by atoms with E-state index in [-0.39, 0.29) is 6.04 Å². The minimum atomic E-state index is 0.238. The van der Waals surface area contributed by atoms with Crippen LogP contribution in [0.2, 0.25) is 5.02 Å². The zero-order valence-corrected chi connectivity index (χ0v) is 12.0. The number of aromatic nitrogens is 1. The zero-order chi connectivity index (χ0) is 13.1. The molecular weight excluding hydrogens is 266 g/mol. The summed E-state index contributed by atoms with van der Waals surface area (Å²) in [7, 11) is 2.06. The van der Waals surface area contributed by atoms with Gasteiger partial charge in [-0.05, 0) is 25.6 Å². The average Bonchev–Trinajstić information content (AvgIpc) is 2.74. The Morgan fingerprint density at radius 3 is 2.78 bits per heavy atom. The van der Waals surface area contributed by atoms with Crippen molar-refractivity contribution in [3.8, 4) is 0 Å². The number of nitrogens with zero attached hydrogens (tertiary/aromatic N) is 2. The van der Waals surface area contributed by atoms with Crippen LogP contribution in [0.1, 0.15) is 24.2 Å². The Hall–Kier alpha value is -1.10. The molecule has 2 rings (SSSR count). The number of nitrogen functional groups attached to an aromatic ring is 1. The van der Waals surface area contributed by atoms with Gasteiger partial charge in [0.2, 0.25) is 0 Å². The van der Waals surface area contributed by atoms with Crippen LogP contribution in [0, 0.1) is 0 Å². The van der Waals surface area contributed by atoms with Gasteiger partial charge in [-0.3, -0.25) is 4.90 Å². The molecule has 0 fully saturated rings. The number of hydrogen-bond acceptors (Lipinski definition) is 4. The van der Waals surface area contributed by atoms with Gasteiger partial charge in [-0.25, -0.2) is 4.98 Å². The van der Waals surface area contributed by atoms with E-state index < -0.39 is 0 Å². The summed E-state index contributed by atoms with van der Waals surface area (Å²) in [6.07, 6.45) is 0. The van der Waals surface area contributed by atoms with Crippen LogP contribution in [0.15, 0.2) is 29.6 Å². The van der Waals surface area contributed by atoms with Crippen molar-refractivity contribution in [3.05, 3.63) is 45.9 Å². The first-order valence-corrected chi connectivity index (χ1v) is 6.98. The summed E-state index contributed by atoms with van der Waals surface area (Å²) in [5, 5.41) is 3.41. The van der Waals surface area contributed by atoms with Crippen LogP contribution in [0.4, 0.5) is 5.13 Å². The van der Waals surface area contributed by atoms with Crippen LogP contribution < -0.4 is 5.73 Å². The van der Waals surface area contributed by atoms with E-state index in [2.05, 4.69) is 29.9 Å². The molecule has 5 heteroatoms. The smallest absolute Gasteiger partial charge is 0.180 e. The standard InChI is InChI=1S/C13H16ClN3S/c1-9(11-5-3-4-6-12(11)14)17(2)7-10-8-18-13(15)16-10/h3-6,8-9H,7H2,1-2H3,(H2,15,16). The highest BCUT2D eigenvalue weighted by Gasteiger charge is 2.15. The highest BCUT2D eigenvalue weighted by atomic mass is 35.5. The maximum atomic E-state index is 6.21. The second-order valence-corrected chi connectivity index (χ2v) is 5.59. The molecule has 3 nitrogen and oxygen atoms in total. The van der Waals surface area contributed by atoms with Gasteiger partial charge < -0.3 is 5.73 Å². The van der Waals surface area contributed by atoms with E-state index >= 15 is 0 Å². The molecule has 18 heavy (non-hydrogen) atoms. The lowest BCUT2D eigenvalue weighted by Crippen LogP contribution is -2.22. The molecule has 2 N–H and O–H groups in total. The van der Waals surface area contributed by atoms with Crippen molar-refractivity contribution in [2.24, 2.45) is 0 Å². The van der Waals surface area contributed by atoms with Crippen molar-refractivity contribution in [2.45, 2.75) is 19.5 Å². The number of anilines is 1. The maximum absolute atomic E-state index is 6.21. The van der Waals surface area contributed by atoms with Crippen LogP contribution >= 0.6 is 22.9 Å². The van der Waals surface area contributed by atoms with Gasteiger partial charge in [-0.1, -0.05) is 29.8 Å². The van der Waals surface area contributed by atoms with Crippen LogP contribution in [0.5, 0.6) is 0 Å². The lowest BCUT2D eigenvalue weighted by atomic mass is 10.1. The van der Waals surface area contributed by atoms with Crippen molar-refractivity contribution in [1.82, 2.24) is 9.88 Å². The summed E-state index contributed by atoms with van der Waals surface area (Å²) in [5.41, 5.74) is 7.76. The fraction of sp³-hybridized carbons (Fsp3) is 0.308. The number of thiazole rings is 1. The first-order valence-electron chi connectivity index (χ1n) is 5.72. The van der Waals surface area contributed by atoms with Crippen LogP contribution in [0.25, 0.3) is 0 Å². The lowest BCUT2D eigenvalue weighted by molar-refractivity contribution is 0.251. The molecule has 0 aliphatic carbocycles. The molecule has 0 aliphatic heterocycles. The zero-order valence-electron chi connectivity index (χ0n) is 10.4. The van der Waals surface area contributed by atoms with Gasteiger partial charge in [-0.15, -0.1) is 11.3 Å². The number of halogens is 1. The van der Waals surface area contributed by atoms with Crippen molar-refractivity contribution in [2.75, 3.05) is 12.8 Å². The van der Waals surface area contributed by atoms with Gasteiger partial charge >= 0.3 is 0 Å². The van der Waals surface area contributed by atoms with E-state index in [9.17, 15) is 0 Å². The van der Waals surface area contributed by atoms with Gasteiger partial charge in [0.05, 0.1) is 5.69 Å². The van der Waals surface area contributed by atoms with E-state index in [1.165, 1.54) is 11.3 Å². The minimum absolute atomic E-state index is 0.238. The number of benzene rings is 1. The first-order chi connectivity index (χ1) is 8.58. The molecule has 96 valence electrons. The molecule has 1 aromatic heterocycles. The van der Waals surface area contributed by atoms with Crippen molar-refractivity contribution >= 4 is 28.1 Å². The fourth-order valence-electron chi connectivity index (χ4n) is 1.84. The van der Waals surface area contributed by atoms with Gasteiger partial charge in [0.1, 0.15) is 0 Å². The van der Waals surface area contributed by atoms with Crippen LogP contribution in [0.3, 0.4) is 0 Å². The molecule has 2 aromatic rings. The van der Waals surface area contributed by atoms with Gasteiger partial charge in [0.25, 0.3) is 0 Å². The predicted octanol–water partition coefficient (Wildman–Crippen LogP) is 3.57. The Morgan fingerprint density at radius 2 is 2.17 bits per heavy atom. The van der Waals surface area contributed by atoms with Gasteiger partial charge in [0, 0.05) is 23.0 Å². The Bertz CT molecular complexity index is 526. The molecular formula is C13H16ClN3S. The quantitative estimate of drug-likeness (QED) is 0.931. The van der Waals surface area contributed by atoms with Crippen LogP contribution in [-0.2, 0) is 6.54 Å². The Kier molecular flexibility index (Phi) is 4.22. The van der Waals surface area contributed by atoms with Gasteiger partial charge in [0.15, 0.2) is 5.13 Å². The summed E-state index contributed by atoms with van der Waals surface area (Å²) < 4.78 is 0. The summed E-state index contributed by atoms with van der Waals surface area (Å²) >= 11 is 7.68. The third-order valence-electron chi connectivity index (χ3n) is 3.00. The monoisotopic (exact) mass is 281 g/mol. The minimum Gasteiger partial charge on any atom is -0.375 e.